The molecule has 0 aliphatic heterocycles. The van der Waals surface area contributed by atoms with Gasteiger partial charge in [-0.15, -0.1) is 0 Å². The Hall–Kier alpha value is -1.55. The third kappa shape index (κ3) is 3.23. The topological polar surface area (TPSA) is 58.6 Å². The van der Waals surface area contributed by atoms with Crippen LogP contribution in [-0.2, 0) is 11.3 Å². The lowest BCUT2D eigenvalue weighted by molar-refractivity contribution is 0.0358. The van der Waals surface area contributed by atoms with Crippen molar-refractivity contribution in [3.63, 3.8) is 0 Å². The zero-order valence-electron chi connectivity index (χ0n) is 10.6. The first-order valence-corrected chi connectivity index (χ1v) is 6.27. The van der Waals surface area contributed by atoms with Crippen LogP contribution in [0.2, 0.25) is 0 Å². The molecular weight excluding hydrogens is 230 g/mol. The van der Waals surface area contributed by atoms with Gasteiger partial charge in [-0.3, -0.25) is 0 Å². The molecule has 1 aliphatic rings. The van der Waals surface area contributed by atoms with E-state index in [1.54, 1.807) is 6.92 Å². The fourth-order valence-corrected chi connectivity index (χ4v) is 2.28. The normalized spacial score (nSPS) is 26.9. The molecule has 1 saturated carbocycles. The van der Waals surface area contributed by atoms with Crippen molar-refractivity contribution in [2.75, 3.05) is 0 Å². The van der Waals surface area contributed by atoms with E-state index in [0.29, 0.717) is 0 Å². The first-order chi connectivity index (χ1) is 8.58. The predicted octanol–water partition coefficient (Wildman–Crippen LogP) is 2.22. The van der Waals surface area contributed by atoms with Gasteiger partial charge in [-0.05, 0) is 31.7 Å². The summed E-state index contributed by atoms with van der Waals surface area (Å²) in [5.74, 6) is 0. The number of aliphatic hydroxyl groups is 1. The van der Waals surface area contributed by atoms with Crippen molar-refractivity contribution in [2.45, 2.75) is 44.4 Å². The van der Waals surface area contributed by atoms with E-state index in [1.807, 2.05) is 30.3 Å². The molecule has 0 aromatic heterocycles. The van der Waals surface area contributed by atoms with Gasteiger partial charge < -0.3 is 15.2 Å². The van der Waals surface area contributed by atoms with Crippen LogP contribution in [0.15, 0.2) is 30.3 Å². The summed E-state index contributed by atoms with van der Waals surface area (Å²) in [5.41, 5.74) is 0.136. The summed E-state index contributed by atoms with van der Waals surface area (Å²) in [6.45, 7) is 2.00. The van der Waals surface area contributed by atoms with Gasteiger partial charge in [-0.25, -0.2) is 4.79 Å². The van der Waals surface area contributed by atoms with Crippen LogP contribution in [0.3, 0.4) is 0 Å². The van der Waals surface area contributed by atoms with Crippen molar-refractivity contribution in [3.05, 3.63) is 35.9 Å². The van der Waals surface area contributed by atoms with E-state index in [0.717, 1.165) is 24.8 Å². The summed E-state index contributed by atoms with van der Waals surface area (Å²) >= 11 is 0. The molecule has 0 bridgehead atoms. The third-order valence-corrected chi connectivity index (χ3v) is 3.43. The quantitative estimate of drug-likeness (QED) is 0.863. The Morgan fingerprint density at radius 3 is 2.83 bits per heavy atom. The molecule has 2 atom stereocenters. The first kappa shape index (κ1) is 12.9. The van der Waals surface area contributed by atoms with E-state index < -0.39 is 11.7 Å². The summed E-state index contributed by atoms with van der Waals surface area (Å²) in [4.78, 5) is 11.6. The molecule has 1 fully saturated rings. The van der Waals surface area contributed by atoms with Crippen molar-refractivity contribution in [2.24, 2.45) is 0 Å². The van der Waals surface area contributed by atoms with Crippen molar-refractivity contribution >= 4 is 6.09 Å². The second kappa shape index (κ2) is 5.40. The van der Waals surface area contributed by atoms with Gasteiger partial charge in [-0.1, -0.05) is 30.3 Å². The number of carbonyl (C=O) groups is 1. The molecule has 1 aromatic carbocycles. The van der Waals surface area contributed by atoms with Gasteiger partial charge >= 0.3 is 6.09 Å². The van der Waals surface area contributed by atoms with Crippen molar-refractivity contribution in [3.8, 4) is 0 Å². The Balaban J connectivity index is 1.79. The molecular formula is C14H19NO3. The Labute approximate surface area is 107 Å². The highest BCUT2D eigenvalue weighted by Crippen LogP contribution is 2.29. The maximum absolute atomic E-state index is 11.6. The Morgan fingerprint density at radius 2 is 2.22 bits per heavy atom. The highest BCUT2D eigenvalue weighted by Gasteiger charge is 2.37. The van der Waals surface area contributed by atoms with Gasteiger partial charge in [0, 0.05) is 0 Å². The van der Waals surface area contributed by atoms with Crippen LogP contribution in [0.1, 0.15) is 31.7 Å². The molecule has 0 radical (unpaired) electrons. The lowest BCUT2D eigenvalue weighted by Crippen LogP contribution is -2.47. The molecule has 1 amide bonds. The second-order valence-electron chi connectivity index (χ2n) is 5.01. The van der Waals surface area contributed by atoms with Crippen LogP contribution in [-0.4, -0.2) is 22.8 Å². The zero-order valence-corrected chi connectivity index (χ0v) is 10.6. The van der Waals surface area contributed by atoms with Crippen molar-refractivity contribution in [1.82, 2.24) is 5.32 Å². The molecule has 98 valence electrons. The van der Waals surface area contributed by atoms with Gasteiger partial charge in [0.1, 0.15) is 6.61 Å². The molecule has 18 heavy (non-hydrogen) atoms. The fourth-order valence-electron chi connectivity index (χ4n) is 2.28. The molecule has 1 aliphatic carbocycles. The minimum atomic E-state index is -0.814. The molecule has 0 spiro atoms. The molecule has 0 heterocycles. The average Bonchev–Trinajstić information content (AvgIpc) is 2.68. The first-order valence-electron chi connectivity index (χ1n) is 6.27. The summed E-state index contributed by atoms with van der Waals surface area (Å²) in [7, 11) is 0. The van der Waals surface area contributed by atoms with E-state index in [2.05, 4.69) is 5.32 Å². The van der Waals surface area contributed by atoms with Crippen LogP contribution in [0.4, 0.5) is 4.79 Å². The maximum atomic E-state index is 11.6. The van der Waals surface area contributed by atoms with Crippen LogP contribution in [0.25, 0.3) is 0 Å². The smallest absolute Gasteiger partial charge is 0.407 e. The highest BCUT2D eigenvalue weighted by atomic mass is 16.5. The molecule has 2 unspecified atom stereocenters. The second-order valence-corrected chi connectivity index (χ2v) is 5.01. The maximum Gasteiger partial charge on any atom is 0.407 e. The molecule has 4 nitrogen and oxygen atoms in total. The van der Waals surface area contributed by atoms with E-state index >= 15 is 0 Å². The molecule has 1 aromatic rings. The lowest BCUT2D eigenvalue weighted by Gasteiger charge is -2.25. The van der Waals surface area contributed by atoms with Crippen LogP contribution in [0, 0.1) is 0 Å². The van der Waals surface area contributed by atoms with E-state index in [-0.39, 0.29) is 12.6 Å². The monoisotopic (exact) mass is 249 g/mol. The summed E-state index contributed by atoms with van der Waals surface area (Å²) in [6.07, 6.45) is 1.98. The number of hydrogen-bond acceptors (Lipinski definition) is 3. The largest absolute Gasteiger partial charge is 0.445 e. The minimum Gasteiger partial charge on any atom is -0.445 e. The van der Waals surface area contributed by atoms with Gasteiger partial charge in [0.05, 0.1) is 11.6 Å². The van der Waals surface area contributed by atoms with E-state index in [1.165, 1.54) is 0 Å². The number of nitrogens with one attached hydrogen (secondary N) is 1. The van der Waals surface area contributed by atoms with Gasteiger partial charge in [-0.2, -0.15) is 0 Å². The Morgan fingerprint density at radius 1 is 1.50 bits per heavy atom. The van der Waals surface area contributed by atoms with Crippen LogP contribution in [0.5, 0.6) is 0 Å². The molecule has 2 N–H and O–H groups in total. The summed E-state index contributed by atoms with van der Waals surface area (Å²) < 4.78 is 5.12. The number of amides is 1. The molecule has 0 saturated heterocycles. The minimum absolute atomic E-state index is 0.208. The van der Waals surface area contributed by atoms with Crippen molar-refractivity contribution < 1.29 is 14.6 Å². The van der Waals surface area contributed by atoms with Gasteiger partial charge in [0.2, 0.25) is 0 Å². The van der Waals surface area contributed by atoms with E-state index in [4.69, 9.17) is 4.74 Å². The average molecular weight is 249 g/mol. The SMILES string of the molecule is CC1(O)CCCC1NC(=O)OCc1ccccc1. The predicted molar refractivity (Wildman–Crippen MR) is 68.0 cm³/mol. The number of alkyl carbamates (subject to hydrolysis) is 1. The molecule has 2 rings (SSSR count). The summed E-state index contributed by atoms with van der Waals surface area (Å²) in [5, 5.41) is 12.7. The Kier molecular flexibility index (Phi) is 3.87. The number of ether oxygens (including phenoxy) is 1. The fraction of sp³-hybridized carbons (Fsp3) is 0.500. The summed E-state index contributed by atoms with van der Waals surface area (Å²) in [6, 6.07) is 9.31. The standard InChI is InChI=1S/C14H19NO3/c1-14(17)9-5-8-12(14)15-13(16)18-10-11-6-3-2-4-7-11/h2-4,6-7,12,17H,5,8-10H2,1H3,(H,15,16). The number of hydrogen-bond donors (Lipinski definition) is 2. The van der Waals surface area contributed by atoms with Gasteiger partial charge in [0.15, 0.2) is 0 Å². The highest BCUT2D eigenvalue weighted by molar-refractivity contribution is 5.67. The molecule has 4 heteroatoms. The number of benzene rings is 1. The van der Waals surface area contributed by atoms with Crippen LogP contribution >= 0.6 is 0 Å². The van der Waals surface area contributed by atoms with E-state index in [9.17, 15) is 9.90 Å². The Bertz CT molecular complexity index is 403. The third-order valence-electron chi connectivity index (χ3n) is 3.43. The number of rotatable bonds is 3. The lowest BCUT2D eigenvalue weighted by atomic mass is 10.0. The zero-order chi connectivity index (χ0) is 13.0. The van der Waals surface area contributed by atoms with Crippen LogP contribution < -0.4 is 5.32 Å². The number of carbonyl (C=O) groups excluding carboxylic acids is 1. The van der Waals surface area contributed by atoms with Gasteiger partial charge in [0.25, 0.3) is 0 Å². The van der Waals surface area contributed by atoms with Crippen molar-refractivity contribution in [1.29, 1.82) is 0 Å².